The van der Waals surface area contributed by atoms with Gasteiger partial charge in [-0.25, -0.2) is 13.8 Å². The van der Waals surface area contributed by atoms with E-state index in [1.54, 1.807) is 0 Å². The fourth-order valence-electron chi connectivity index (χ4n) is 2.68. The van der Waals surface area contributed by atoms with Crippen LogP contribution in [0.1, 0.15) is 11.1 Å². The summed E-state index contributed by atoms with van der Waals surface area (Å²) in [7, 11) is 0. The van der Waals surface area contributed by atoms with Crippen molar-refractivity contribution in [3.63, 3.8) is 0 Å². The molecule has 0 amide bonds. The standard InChI is InChI=1S/C17H9F2N/c18-11-7-8-12(14(19)9-11)17-13-5-1-3-10-4-2-6-15(20-17)16(10)13/h1-9H. The van der Waals surface area contributed by atoms with Gasteiger partial charge in [0, 0.05) is 22.6 Å². The largest absolute Gasteiger partial charge is 0.247 e. The minimum Gasteiger partial charge on any atom is -0.247 e. The van der Waals surface area contributed by atoms with Gasteiger partial charge < -0.3 is 0 Å². The van der Waals surface area contributed by atoms with Crippen molar-refractivity contribution in [3.05, 3.63) is 77.4 Å². The summed E-state index contributed by atoms with van der Waals surface area (Å²) in [6.07, 6.45) is 0. The van der Waals surface area contributed by atoms with Crippen molar-refractivity contribution in [3.8, 4) is 0 Å². The van der Waals surface area contributed by atoms with Gasteiger partial charge in [-0.3, -0.25) is 0 Å². The van der Waals surface area contributed by atoms with Crippen molar-refractivity contribution in [1.29, 1.82) is 0 Å². The molecule has 0 unspecified atom stereocenters. The van der Waals surface area contributed by atoms with Crippen LogP contribution in [-0.4, -0.2) is 5.71 Å². The van der Waals surface area contributed by atoms with Crippen LogP contribution >= 0.6 is 0 Å². The maximum atomic E-state index is 14.0. The van der Waals surface area contributed by atoms with Gasteiger partial charge in [-0.15, -0.1) is 0 Å². The third-order valence-electron chi connectivity index (χ3n) is 3.56. The predicted octanol–water partition coefficient (Wildman–Crippen LogP) is 4.60. The van der Waals surface area contributed by atoms with Crippen molar-refractivity contribution in [2.45, 2.75) is 0 Å². The lowest BCUT2D eigenvalue weighted by Crippen LogP contribution is -2.03. The number of hydrogen-bond acceptors (Lipinski definition) is 1. The number of hydrogen-bond donors (Lipinski definition) is 0. The molecule has 1 heterocycles. The Morgan fingerprint density at radius 3 is 2.40 bits per heavy atom. The lowest BCUT2D eigenvalue weighted by atomic mass is 9.98. The first-order valence-corrected chi connectivity index (χ1v) is 6.30. The SMILES string of the molecule is Fc1ccc(C2=Nc3cccc4cccc2c34)c(F)c1. The zero-order valence-electron chi connectivity index (χ0n) is 10.4. The minimum absolute atomic E-state index is 0.329. The second-order valence-electron chi connectivity index (χ2n) is 4.77. The molecule has 3 aromatic rings. The van der Waals surface area contributed by atoms with E-state index in [0.29, 0.717) is 11.3 Å². The number of aliphatic imine (C=N–C) groups is 1. The molecule has 3 heteroatoms. The molecule has 0 atom stereocenters. The number of nitrogens with zero attached hydrogens (tertiary/aromatic N) is 1. The smallest absolute Gasteiger partial charge is 0.135 e. The van der Waals surface area contributed by atoms with Crippen LogP contribution in [0.15, 0.2) is 59.6 Å². The zero-order chi connectivity index (χ0) is 13.7. The molecule has 0 fully saturated rings. The quantitative estimate of drug-likeness (QED) is 0.477. The van der Waals surface area contributed by atoms with Gasteiger partial charge in [-0.1, -0.05) is 30.3 Å². The summed E-state index contributed by atoms with van der Waals surface area (Å²) in [5.74, 6) is -1.17. The van der Waals surface area contributed by atoms with Gasteiger partial charge in [-0.05, 0) is 23.6 Å². The Morgan fingerprint density at radius 1 is 0.800 bits per heavy atom. The van der Waals surface area contributed by atoms with Crippen LogP contribution in [0.3, 0.4) is 0 Å². The Hall–Kier alpha value is -2.55. The average Bonchev–Trinajstić information content (AvgIpc) is 2.80. The fourth-order valence-corrected chi connectivity index (χ4v) is 2.68. The van der Waals surface area contributed by atoms with Crippen LogP contribution in [-0.2, 0) is 0 Å². The first kappa shape index (κ1) is 11.3. The molecule has 0 spiro atoms. The summed E-state index contributed by atoms with van der Waals surface area (Å²) in [5.41, 5.74) is 2.62. The van der Waals surface area contributed by atoms with Gasteiger partial charge >= 0.3 is 0 Å². The van der Waals surface area contributed by atoms with E-state index in [1.165, 1.54) is 12.1 Å². The van der Waals surface area contributed by atoms with E-state index in [4.69, 9.17) is 0 Å². The summed E-state index contributed by atoms with van der Waals surface area (Å²) >= 11 is 0. The van der Waals surface area contributed by atoms with Crippen LogP contribution in [0, 0.1) is 11.6 Å². The zero-order valence-corrected chi connectivity index (χ0v) is 10.4. The normalized spacial score (nSPS) is 12.8. The van der Waals surface area contributed by atoms with Crippen molar-refractivity contribution in [2.24, 2.45) is 4.99 Å². The lowest BCUT2D eigenvalue weighted by molar-refractivity contribution is 0.582. The molecule has 20 heavy (non-hydrogen) atoms. The molecule has 96 valence electrons. The Bertz CT molecular complexity index is 876. The first-order chi connectivity index (χ1) is 9.74. The van der Waals surface area contributed by atoms with E-state index in [2.05, 4.69) is 4.99 Å². The number of rotatable bonds is 1. The maximum absolute atomic E-state index is 14.0. The molecule has 1 aliphatic heterocycles. The van der Waals surface area contributed by atoms with E-state index in [9.17, 15) is 8.78 Å². The molecule has 3 aromatic carbocycles. The predicted molar refractivity (Wildman–Crippen MR) is 75.6 cm³/mol. The second kappa shape index (κ2) is 3.97. The van der Waals surface area contributed by atoms with Gasteiger partial charge in [0.2, 0.25) is 0 Å². The number of benzene rings is 3. The van der Waals surface area contributed by atoms with Crippen LogP contribution in [0.4, 0.5) is 14.5 Å². The van der Waals surface area contributed by atoms with Crippen LogP contribution in [0.5, 0.6) is 0 Å². The third kappa shape index (κ3) is 1.50. The molecule has 0 saturated carbocycles. The van der Waals surface area contributed by atoms with Crippen LogP contribution in [0.2, 0.25) is 0 Å². The van der Waals surface area contributed by atoms with Crippen molar-refractivity contribution in [1.82, 2.24) is 0 Å². The van der Waals surface area contributed by atoms with Gasteiger partial charge in [0.25, 0.3) is 0 Å². The minimum atomic E-state index is -0.589. The Labute approximate surface area is 114 Å². The topological polar surface area (TPSA) is 12.4 Å². The molecule has 1 aliphatic rings. The molecule has 0 aliphatic carbocycles. The molecule has 0 aromatic heterocycles. The molecule has 0 bridgehead atoms. The lowest BCUT2D eigenvalue weighted by Gasteiger charge is -2.05. The highest BCUT2D eigenvalue weighted by atomic mass is 19.1. The molecule has 0 N–H and O–H groups in total. The molecule has 0 saturated heterocycles. The van der Waals surface area contributed by atoms with E-state index in [-0.39, 0.29) is 0 Å². The molecule has 0 radical (unpaired) electrons. The van der Waals surface area contributed by atoms with E-state index in [0.717, 1.165) is 28.1 Å². The molecular weight excluding hydrogens is 256 g/mol. The molecule has 4 rings (SSSR count). The van der Waals surface area contributed by atoms with Crippen molar-refractivity contribution < 1.29 is 8.78 Å². The highest BCUT2D eigenvalue weighted by Gasteiger charge is 2.21. The van der Waals surface area contributed by atoms with Crippen LogP contribution in [0.25, 0.3) is 10.8 Å². The summed E-state index contributed by atoms with van der Waals surface area (Å²) < 4.78 is 27.0. The maximum Gasteiger partial charge on any atom is 0.135 e. The van der Waals surface area contributed by atoms with Gasteiger partial charge in [0.15, 0.2) is 0 Å². The number of halogens is 2. The van der Waals surface area contributed by atoms with Crippen LogP contribution < -0.4 is 0 Å². The van der Waals surface area contributed by atoms with Crippen molar-refractivity contribution >= 4 is 22.2 Å². The average molecular weight is 265 g/mol. The highest BCUT2D eigenvalue weighted by Crippen LogP contribution is 2.37. The Balaban J connectivity index is 2.01. The summed E-state index contributed by atoms with van der Waals surface area (Å²) in [5, 5.41) is 2.09. The van der Waals surface area contributed by atoms with E-state index < -0.39 is 11.6 Å². The Kier molecular flexibility index (Phi) is 2.24. The fraction of sp³-hybridized carbons (Fsp3) is 0. The van der Waals surface area contributed by atoms with Gasteiger partial charge in [0.1, 0.15) is 11.6 Å². The third-order valence-corrected chi connectivity index (χ3v) is 3.56. The Morgan fingerprint density at radius 2 is 1.60 bits per heavy atom. The highest BCUT2D eigenvalue weighted by molar-refractivity contribution is 6.26. The first-order valence-electron chi connectivity index (χ1n) is 6.30. The van der Waals surface area contributed by atoms with Crippen molar-refractivity contribution in [2.75, 3.05) is 0 Å². The summed E-state index contributed by atoms with van der Waals surface area (Å²) in [4.78, 5) is 4.51. The molecular formula is C17H9F2N. The second-order valence-corrected chi connectivity index (χ2v) is 4.77. The summed E-state index contributed by atoms with van der Waals surface area (Å²) in [6, 6.07) is 15.3. The molecule has 1 nitrogen and oxygen atoms in total. The van der Waals surface area contributed by atoms with Gasteiger partial charge in [-0.2, -0.15) is 0 Å². The van der Waals surface area contributed by atoms with Gasteiger partial charge in [0.05, 0.1) is 11.4 Å². The summed E-state index contributed by atoms with van der Waals surface area (Å²) in [6.45, 7) is 0. The monoisotopic (exact) mass is 265 g/mol. The van der Waals surface area contributed by atoms with E-state index >= 15 is 0 Å². The van der Waals surface area contributed by atoms with E-state index in [1.807, 2.05) is 36.4 Å².